The third-order valence-electron chi connectivity index (χ3n) is 3.97. The molecule has 148 valence electrons. The van der Waals surface area contributed by atoms with Gasteiger partial charge in [-0.1, -0.05) is 38.1 Å². The maximum Gasteiger partial charge on any atom is 0.344 e. The lowest BCUT2D eigenvalue weighted by Gasteiger charge is -2.14. The number of esters is 1. The Morgan fingerprint density at radius 3 is 2.46 bits per heavy atom. The number of amides is 2. The van der Waals surface area contributed by atoms with E-state index in [1.54, 1.807) is 12.1 Å². The summed E-state index contributed by atoms with van der Waals surface area (Å²) in [6.45, 7) is 5.19. The third kappa shape index (κ3) is 5.84. The summed E-state index contributed by atoms with van der Waals surface area (Å²) in [6, 6.07) is 12.1. The van der Waals surface area contributed by atoms with Crippen LogP contribution in [0.25, 0.3) is 0 Å². The second-order valence-electron chi connectivity index (χ2n) is 6.60. The van der Waals surface area contributed by atoms with Gasteiger partial charge >= 0.3 is 5.97 Å². The molecule has 0 bridgehead atoms. The van der Waals surface area contributed by atoms with Crippen molar-refractivity contribution in [3.05, 3.63) is 59.2 Å². The minimum Gasteiger partial charge on any atom is -0.482 e. The molecule has 0 atom stereocenters. The summed E-state index contributed by atoms with van der Waals surface area (Å²) in [5.74, 6) is -1.06. The molecule has 28 heavy (non-hydrogen) atoms. The van der Waals surface area contributed by atoms with Gasteiger partial charge in [0.05, 0.1) is 11.3 Å². The first kappa shape index (κ1) is 21.0. The molecule has 0 fully saturated rings. The van der Waals surface area contributed by atoms with E-state index in [0.717, 1.165) is 11.1 Å². The second kappa shape index (κ2) is 9.55. The zero-order valence-electron chi connectivity index (χ0n) is 16.2. The van der Waals surface area contributed by atoms with E-state index in [1.807, 2.05) is 39.0 Å². The molecule has 0 radical (unpaired) electrons. The van der Waals surface area contributed by atoms with Crippen molar-refractivity contribution in [3.63, 3.8) is 0 Å². The fourth-order valence-electron chi connectivity index (χ4n) is 2.56. The summed E-state index contributed by atoms with van der Waals surface area (Å²) in [6.07, 6.45) is 0. The Morgan fingerprint density at radius 1 is 1.07 bits per heavy atom. The number of aryl methyl sites for hydroxylation is 1. The van der Waals surface area contributed by atoms with Gasteiger partial charge in [0, 0.05) is 0 Å². The van der Waals surface area contributed by atoms with Crippen LogP contribution in [0.5, 0.6) is 5.75 Å². The van der Waals surface area contributed by atoms with E-state index in [4.69, 9.17) is 15.2 Å². The Kier molecular flexibility index (Phi) is 7.14. The monoisotopic (exact) mass is 384 g/mol. The van der Waals surface area contributed by atoms with Crippen molar-refractivity contribution < 1.29 is 23.9 Å². The molecule has 0 saturated carbocycles. The number of nitrogens with two attached hydrogens (primary N) is 1. The van der Waals surface area contributed by atoms with Crippen LogP contribution in [0.1, 0.15) is 41.3 Å². The fourth-order valence-corrected chi connectivity index (χ4v) is 2.56. The highest BCUT2D eigenvalue weighted by atomic mass is 16.6. The molecule has 2 rings (SSSR count). The summed E-state index contributed by atoms with van der Waals surface area (Å²) in [5, 5.41) is 2.49. The zero-order chi connectivity index (χ0) is 20.7. The van der Waals surface area contributed by atoms with Crippen LogP contribution in [0, 0.1) is 6.92 Å². The molecular formula is C21H24N2O5. The molecule has 0 aliphatic heterocycles. The van der Waals surface area contributed by atoms with E-state index < -0.39 is 24.4 Å². The van der Waals surface area contributed by atoms with Crippen molar-refractivity contribution in [2.45, 2.75) is 26.7 Å². The van der Waals surface area contributed by atoms with Crippen LogP contribution in [0.2, 0.25) is 0 Å². The minimum atomic E-state index is -0.672. The van der Waals surface area contributed by atoms with E-state index in [9.17, 15) is 14.4 Å². The number of ether oxygens (including phenoxy) is 2. The van der Waals surface area contributed by atoms with Crippen molar-refractivity contribution >= 4 is 23.5 Å². The average molecular weight is 384 g/mol. The maximum atomic E-state index is 12.0. The summed E-state index contributed by atoms with van der Waals surface area (Å²) in [5.41, 5.74) is 7.69. The molecule has 2 aromatic carbocycles. The molecule has 0 heterocycles. The molecule has 0 aliphatic rings. The van der Waals surface area contributed by atoms with Crippen LogP contribution in [-0.4, -0.2) is 31.0 Å². The molecular weight excluding hydrogens is 360 g/mol. The van der Waals surface area contributed by atoms with E-state index in [0.29, 0.717) is 5.75 Å². The van der Waals surface area contributed by atoms with Gasteiger partial charge in [-0.2, -0.15) is 0 Å². The fraction of sp³-hybridized carbons (Fsp3) is 0.286. The second-order valence-corrected chi connectivity index (χ2v) is 6.60. The topological polar surface area (TPSA) is 108 Å². The lowest BCUT2D eigenvalue weighted by Crippen LogP contribution is -2.25. The van der Waals surface area contributed by atoms with Gasteiger partial charge in [-0.15, -0.1) is 0 Å². The molecule has 2 aromatic rings. The highest BCUT2D eigenvalue weighted by molar-refractivity contribution is 6.03. The Bertz CT molecular complexity index is 877. The predicted molar refractivity (Wildman–Crippen MR) is 105 cm³/mol. The van der Waals surface area contributed by atoms with Crippen LogP contribution in [0.15, 0.2) is 42.5 Å². The molecule has 0 saturated heterocycles. The summed E-state index contributed by atoms with van der Waals surface area (Å²) < 4.78 is 10.5. The number of hydrogen-bond acceptors (Lipinski definition) is 5. The van der Waals surface area contributed by atoms with Crippen molar-refractivity contribution in [3.8, 4) is 5.75 Å². The van der Waals surface area contributed by atoms with Gasteiger partial charge in [-0.3, -0.25) is 9.59 Å². The van der Waals surface area contributed by atoms with Crippen LogP contribution < -0.4 is 15.8 Å². The number of carbonyl (C=O) groups is 3. The lowest BCUT2D eigenvalue weighted by atomic mass is 10.0. The maximum absolute atomic E-state index is 12.0. The molecule has 2 amide bonds. The molecule has 7 heteroatoms. The number of carbonyl (C=O) groups excluding carboxylic acids is 3. The summed E-state index contributed by atoms with van der Waals surface area (Å²) in [7, 11) is 0. The standard InChI is InChI=1S/C21H24N2O5/c1-13(2)15-9-8-14(3)10-18(15)27-12-20(25)28-11-19(24)23-17-7-5-4-6-16(17)21(22)26/h4-10,13H,11-12H2,1-3H3,(H2,22,26)(H,23,24). The molecule has 0 aromatic heterocycles. The summed E-state index contributed by atoms with van der Waals surface area (Å²) >= 11 is 0. The number of anilines is 1. The molecule has 0 spiro atoms. The Morgan fingerprint density at radius 2 is 1.79 bits per heavy atom. The number of nitrogens with one attached hydrogen (secondary N) is 1. The number of rotatable bonds is 8. The Hall–Kier alpha value is -3.35. The van der Waals surface area contributed by atoms with Crippen molar-refractivity contribution in [2.75, 3.05) is 18.5 Å². The van der Waals surface area contributed by atoms with Crippen molar-refractivity contribution in [2.24, 2.45) is 5.73 Å². The molecule has 0 aliphatic carbocycles. The first-order valence-electron chi connectivity index (χ1n) is 8.85. The van der Waals surface area contributed by atoms with Gasteiger partial charge in [0.2, 0.25) is 0 Å². The highest BCUT2D eigenvalue weighted by Gasteiger charge is 2.14. The van der Waals surface area contributed by atoms with Gasteiger partial charge in [0.25, 0.3) is 11.8 Å². The Balaban J connectivity index is 1.87. The highest BCUT2D eigenvalue weighted by Crippen LogP contribution is 2.27. The van der Waals surface area contributed by atoms with Gasteiger partial charge in [0.15, 0.2) is 13.2 Å². The van der Waals surface area contributed by atoms with E-state index >= 15 is 0 Å². The molecule has 3 N–H and O–H groups in total. The van der Waals surface area contributed by atoms with Gasteiger partial charge in [0.1, 0.15) is 5.75 Å². The van der Waals surface area contributed by atoms with E-state index in [2.05, 4.69) is 5.32 Å². The van der Waals surface area contributed by atoms with Crippen LogP contribution in [-0.2, 0) is 14.3 Å². The van der Waals surface area contributed by atoms with E-state index in [-0.39, 0.29) is 23.8 Å². The SMILES string of the molecule is Cc1ccc(C(C)C)c(OCC(=O)OCC(=O)Nc2ccccc2C(N)=O)c1. The predicted octanol–water partition coefficient (Wildman–Crippen LogP) is 2.78. The Labute approximate surface area is 163 Å². The quantitative estimate of drug-likeness (QED) is 0.681. The smallest absolute Gasteiger partial charge is 0.344 e. The zero-order valence-corrected chi connectivity index (χ0v) is 16.2. The van der Waals surface area contributed by atoms with Crippen LogP contribution >= 0.6 is 0 Å². The molecule has 0 unspecified atom stereocenters. The number of primary amides is 1. The van der Waals surface area contributed by atoms with E-state index in [1.165, 1.54) is 12.1 Å². The first-order chi connectivity index (χ1) is 13.3. The first-order valence-corrected chi connectivity index (χ1v) is 8.85. The average Bonchev–Trinajstić information content (AvgIpc) is 2.64. The van der Waals surface area contributed by atoms with Crippen molar-refractivity contribution in [1.29, 1.82) is 0 Å². The van der Waals surface area contributed by atoms with Crippen molar-refractivity contribution in [1.82, 2.24) is 0 Å². The molecule has 7 nitrogen and oxygen atoms in total. The minimum absolute atomic E-state index is 0.172. The van der Waals surface area contributed by atoms with Gasteiger partial charge < -0.3 is 20.5 Å². The number of para-hydroxylation sites is 1. The number of benzene rings is 2. The third-order valence-corrected chi connectivity index (χ3v) is 3.97. The van der Waals surface area contributed by atoms with Crippen LogP contribution in [0.4, 0.5) is 5.69 Å². The van der Waals surface area contributed by atoms with Crippen LogP contribution in [0.3, 0.4) is 0 Å². The lowest BCUT2D eigenvalue weighted by molar-refractivity contribution is -0.149. The number of hydrogen-bond donors (Lipinski definition) is 2. The largest absolute Gasteiger partial charge is 0.482 e. The summed E-state index contributed by atoms with van der Waals surface area (Å²) in [4.78, 5) is 35.2. The van der Waals surface area contributed by atoms with Gasteiger partial charge in [-0.05, 0) is 42.2 Å². The van der Waals surface area contributed by atoms with Gasteiger partial charge in [-0.25, -0.2) is 4.79 Å². The normalized spacial score (nSPS) is 10.4.